The number of allylic oxidation sites excluding steroid dienone is 32. The number of phosphoric acid groups is 2. The molecule has 0 aromatic heterocycles. The lowest BCUT2D eigenvalue weighted by Crippen LogP contribution is -2.30. The number of carbonyl (C=O) groups is 3. The van der Waals surface area contributed by atoms with Gasteiger partial charge in [-0.15, -0.1) is 0 Å². The van der Waals surface area contributed by atoms with Gasteiger partial charge in [-0.1, -0.05) is 369 Å². The SMILES string of the molecule is CC/C=C\C/C=C\C/C=C\C/C=C\C/C=C\C/C=C\CCCCC(=O)OC(COC(=O)CCCCCCCCCCCCCCC/C=C\C/C=C\C/C=C\C/C=C\C/C=C\CC)COP(=O)(O)OCC(O)COP(=O)(O)OCC(O)COC(=O)CCCCCCCCCCCCCCCCC/C=C\C/C=C\C/C=C\C/C=C\C/C=C\CC. The number of carbonyl (C=O) groups excluding carboxylic acids is 3. The van der Waals surface area contributed by atoms with Crippen molar-refractivity contribution in [3.05, 3.63) is 194 Å². The first-order chi connectivity index (χ1) is 57.2. The van der Waals surface area contributed by atoms with E-state index in [9.17, 15) is 43.5 Å². The molecular weight excluding hydrogens is 1510 g/mol. The van der Waals surface area contributed by atoms with Crippen LogP contribution in [0, 0.1) is 0 Å². The van der Waals surface area contributed by atoms with Crippen molar-refractivity contribution < 1.29 is 75.8 Å². The number of unbranched alkanes of at least 4 members (excludes halogenated alkanes) is 30. The van der Waals surface area contributed by atoms with Crippen molar-refractivity contribution in [2.45, 2.75) is 373 Å². The molecule has 0 radical (unpaired) electrons. The zero-order valence-electron chi connectivity index (χ0n) is 73.3. The maximum atomic E-state index is 13.0. The maximum Gasteiger partial charge on any atom is 0.472 e. The van der Waals surface area contributed by atoms with Gasteiger partial charge in [-0.3, -0.25) is 32.5 Å². The summed E-state index contributed by atoms with van der Waals surface area (Å²) >= 11 is 0. The Morgan fingerprint density at radius 2 is 0.427 bits per heavy atom. The van der Waals surface area contributed by atoms with E-state index in [2.05, 4.69) is 215 Å². The molecule has 0 spiro atoms. The molecule has 0 saturated carbocycles. The van der Waals surface area contributed by atoms with Gasteiger partial charge in [-0.05, 0) is 161 Å². The van der Waals surface area contributed by atoms with Gasteiger partial charge < -0.3 is 34.2 Å². The standard InChI is InChI=1S/C99H164O16P2/c1-4-7-10-13-16-19-22-25-28-31-34-37-39-41-43-45-46-48-50-51-53-56-58-61-64-67-70-73-76-79-82-85-97(102)109-88-94(100)89-111-116(105,106)112-90-95(101)91-113-117(107,108)114-93-96(115-99(104)87-84-81-78-75-72-69-66-63-60-55-36-33-30-27-24-21-18-15-12-9-6-3)92-110-98(103)86-83-80-77-74-71-68-65-62-59-57-54-52-49-47-44-42-40-38-35-32-29-26-23-20-17-14-11-8-5-2/h7-12,16-21,25-30,34-38,41-44,55,63,66,72,75,94-96,100-101H,4-6,13-15,22-24,31-33,39-40,45-54,56-62,64-65,67-71,73-74,76-93H2,1-3H3,(H,105,106)(H,107,108)/b10-7-,11-8-,12-9-,19-16-,20-17-,21-18-,28-25-,29-26-,30-27-,37-34-,38-35-,43-41-,44-42-,55-36-,66-63-,75-72-. The second kappa shape index (κ2) is 89.6. The number of ether oxygens (including phenoxy) is 3. The molecule has 0 aromatic rings. The van der Waals surface area contributed by atoms with Crippen LogP contribution in [0.2, 0.25) is 0 Å². The lowest BCUT2D eigenvalue weighted by atomic mass is 10.0. The van der Waals surface area contributed by atoms with E-state index in [1.807, 2.05) is 0 Å². The minimum absolute atomic E-state index is 0.0436. The number of aliphatic hydroxyl groups is 2. The van der Waals surface area contributed by atoms with Gasteiger partial charge in [0.2, 0.25) is 0 Å². The minimum atomic E-state index is -4.96. The summed E-state index contributed by atoms with van der Waals surface area (Å²) < 4.78 is 61.4. The number of aliphatic hydroxyl groups excluding tert-OH is 2. The summed E-state index contributed by atoms with van der Waals surface area (Å²) in [5, 5.41) is 20.7. The average Bonchev–Trinajstić information content (AvgIpc) is 0.900. The molecule has 117 heavy (non-hydrogen) atoms. The Morgan fingerprint density at radius 1 is 0.239 bits per heavy atom. The fraction of sp³-hybridized carbons (Fsp3) is 0.646. The van der Waals surface area contributed by atoms with E-state index in [-0.39, 0.29) is 19.3 Å². The van der Waals surface area contributed by atoms with Gasteiger partial charge in [-0.25, -0.2) is 9.13 Å². The van der Waals surface area contributed by atoms with E-state index >= 15 is 0 Å². The molecule has 16 nitrogen and oxygen atoms in total. The van der Waals surface area contributed by atoms with Crippen molar-refractivity contribution >= 4 is 33.6 Å². The van der Waals surface area contributed by atoms with Crippen molar-refractivity contribution in [2.75, 3.05) is 39.6 Å². The highest BCUT2D eigenvalue weighted by molar-refractivity contribution is 7.47. The van der Waals surface area contributed by atoms with Crippen molar-refractivity contribution in [2.24, 2.45) is 0 Å². The highest BCUT2D eigenvalue weighted by Gasteiger charge is 2.29. The quantitative estimate of drug-likeness (QED) is 0.0146. The Labute approximate surface area is 712 Å². The molecule has 0 aliphatic heterocycles. The Balaban J connectivity index is 4.62. The summed E-state index contributed by atoms with van der Waals surface area (Å²) in [5.74, 6) is -1.63. The van der Waals surface area contributed by atoms with Gasteiger partial charge in [-0.2, -0.15) is 0 Å². The molecule has 5 atom stereocenters. The normalized spacial score (nSPS) is 14.7. The third-order valence-corrected chi connectivity index (χ3v) is 20.7. The largest absolute Gasteiger partial charge is 0.472 e. The maximum absolute atomic E-state index is 13.0. The third-order valence-electron chi connectivity index (χ3n) is 18.8. The predicted molar refractivity (Wildman–Crippen MR) is 491 cm³/mol. The van der Waals surface area contributed by atoms with Crippen molar-refractivity contribution in [3.8, 4) is 0 Å². The number of esters is 3. The van der Waals surface area contributed by atoms with E-state index in [1.54, 1.807) is 0 Å². The van der Waals surface area contributed by atoms with E-state index in [0.29, 0.717) is 25.7 Å². The lowest BCUT2D eigenvalue weighted by molar-refractivity contribution is -0.161. The minimum Gasteiger partial charge on any atom is -0.463 e. The van der Waals surface area contributed by atoms with Gasteiger partial charge in [0.1, 0.15) is 25.4 Å². The Kier molecular flexibility index (Phi) is 85.3. The summed E-state index contributed by atoms with van der Waals surface area (Å²) in [6.07, 6.45) is 119. The Hall–Kier alpha value is -5.61. The van der Waals surface area contributed by atoms with Crippen molar-refractivity contribution in [1.82, 2.24) is 0 Å². The first-order valence-corrected chi connectivity index (χ1v) is 48.7. The molecule has 18 heteroatoms. The molecule has 5 unspecified atom stereocenters. The molecule has 0 saturated heterocycles. The molecule has 0 rings (SSSR count). The molecule has 0 aliphatic carbocycles. The molecule has 0 bridgehead atoms. The van der Waals surface area contributed by atoms with Crippen LogP contribution in [-0.4, -0.2) is 95.9 Å². The van der Waals surface area contributed by atoms with Crippen LogP contribution in [0.1, 0.15) is 355 Å². The smallest absolute Gasteiger partial charge is 0.463 e. The van der Waals surface area contributed by atoms with Gasteiger partial charge >= 0.3 is 33.6 Å². The van der Waals surface area contributed by atoms with Gasteiger partial charge in [0, 0.05) is 19.3 Å². The fourth-order valence-corrected chi connectivity index (χ4v) is 13.6. The van der Waals surface area contributed by atoms with Gasteiger partial charge in [0.25, 0.3) is 0 Å². The summed E-state index contributed by atoms with van der Waals surface area (Å²) in [7, 11) is -9.83. The van der Waals surface area contributed by atoms with Crippen LogP contribution in [0.5, 0.6) is 0 Å². The number of phosphoric ester groups is 2. The topological polar surface area (TPSA) is 231 Å². The van der Waals surface area contributed by atoms with E-state index in [4.69, 9.17) is 32.3 Å². The van der Waals surface area contributed by atoms with E-state index < -0.39 is 91.5 Å². The van der Waals surface area contributed by atoms with Crippen molar-refractivity contribution in [3.63, 3.8) is 0 Å². The first kappa shape index (κ1) is 111. The molecule has 666 valence electrons. The van der Waals surface area contributed by atoms with Crippen LogP contribution in [0.15, 0.2) is 194 Å². The average molecular weight is 1670 g/mol. The molecule has 0 aliphatic rings. The molecule has 0 fully saturated rings. The van der Waals surface area contributed by atoms with Crippen LogP contribution >= 0.6 is 15.6 Å². The number of hydrogen-bond donors (Lipinski definition) is 4. The van der Waals surface area contributed by atoms with Crippen LogP contribution in [0.4, 0.5) is 0 Å². The fourth-order valence-electron chi connectivity index (χ4n) is 12.0. The molecule has 0 heterocycles. The second-order valence-electron chi connectivity index (χ2n) is 30.0. The van der Waals surface area contributed by atoms with E-state index in [1.165, 1.54) is 128 Å². The Morgan fingerprint density at radius 3 is 0.692 bits per heavy atom. The summed E-state index contributed by atoms with van der Waals surface area (Å²) in [5.41, 5.74) is 0. The molecule has 0 amide bonds. The van der Waals surface area contributed by atoms with Crippen LogP contribution in [0.3, 0.4) is 0 Å². The van der Waals surface area contributed by atoms with Crippen molar-refractivity contribution in [1.29, 1.82) is 0 Å². The highest BCUT2D eigenvalue weighted by atomic mass is 31.2. The molecule has 0 aromatic carbocycles. The van der Waals surface area contributed by atoms with Gasteiger partial charge in [0.15, 0.2) is 6.10 Å². The summed E-state index contributed by atoms with van der Waals surface area (Å²) in [6.45, 7) is 2.31. The predicted octanol–water partition coefficient (Wildman–Crippen LogP) is 28.2. The Bertz CT molecular complexity index is 2910. The second-order valence-corrected chi connectivity index (χ2v) is 32.9. The molecule has 4 N–H and O–H groups in total. The van der Waals surface area contributed by atoms with Crippen LogP contribution < -0.4 is 0 Å². The monoisotopic (exact) mass is 1670 g/mol. The lowest BCUT2D eigenvalue weighted by Gasteiger charge is -2.21. The zero-order chi connectivity index (χ0) is 85.1. The first-order valence-electron chi connectivity index (χ1n) is 45.7. The highest BCUT2D eigenvalue weighted by Crippen LogP contribution is 2.45. The van der Waals surface area contributed by atoms with E-state index in [0.717, 1.165) is 161 Å². The number of hydrogen-bond acceptors (Lipinski definition) is 14. The third kappa shape index (κ3) is 91.0. The molecular formula is C99H164O16P2. The number of rotatable bonds is 85. The van der Waals surface area contributed by atoms with Gasteiger partial charge in [0.05, 0.1) is 26.4 Å². The van der Waals surface area contributed by atoms with Crippen LogP contribution in [0.25, 0.3) is 0 Å². The van der Waals surface area contributed by atoms with Crippen LogP contribution in [-0.2, 0) is 55.8 Å². The zero-order valence-corrected chi connectivity index (χ0v) is 75.1. The summed E-state index contributed by atoms with van der Waals surface area (Å²) in [4.78, 5) is 59.0. The summed E-state index contributed by atoms with van der Waals surface area (Å²) in [6, 6.07) is 0.